The zero-order valence-corrected chi connectivity index (χ0v) is 69.3. The van der Waals surface area contributed by atoms with E-state index in [0.717, 1.165) is 69.3 Å². The van der Waals surface area contributed by atoms with Gasteiger partial charge >= 0.3 is 0 Å². The molecule has 6 aromatic rings. The number of nitrogens with zero attached hydrogens (tertiary/aromatic N) is 9. The number of carbonyl (C=O) groups is 8. The molecule has 0 spiro atoms. The molecule has 9 atom stereocenters. The first-order chi connectivity index (χ1) is 55.2. The summed E-state index contributed by atoms with van der Waals surface area (Å²) in [6, 6.07) is 44.0. The van der Waals surface area contributed by atoms with Crippen molar-refractivity contribution < 1.29 is 81.5 Å². The van der Waals surface area contributed by atoms with Gasteiger partial charge in [-0.25, -0.2) is 38.4 Å². The Bertz CT molecular complexity index is 4620. The summed E-state index contributed by atoms with van der Waals surface area (Å²) >= 11 is 0. The molecule has 2 N–H and O–H groups in total. The molecule has 6 aromatic carbocycles. The molecule has 3 saturated heterocycles. The molecule has 3 aliphatic heterocycles. The molecule has 3 saturated carbocycles. The molecule has 628 valence electrons. The average Bonchev–Trinajstić information content (AvgIpc) is 1.58. The number of unbranched alkanes of at least 4 members (excludes halogenated alkanes) is 3. The summed E-state index contributed by atoms with van der Waals surface area (Å²) in [5.41, 5.74) is 10.5. The summed E-state index contributed by atoms with van der Waals surface area (Å²) in [5, 5.41) is 0. The number of amides is 6. The van der Waals surface area contributed by atoms with Crippen molar-refractivity contribution in [1.29, 1.82) is 0 Å². The van der Waals surface area contributed by atoms with E-state index in [2.05, 4.69) is 0 Å². The van der Waals surface area contributed by atoms with Crippen molar-refractivity contribution in [3.63, 3.8) is 0 Å². The summed E-state index contributed by atoms with van der Waals surface area (Å²) in [4.78, 5) is 112. The topological polar surface area (TPSA) is 303 Å². The SMILES string of the molecule is CN(C(=O)c1ccccc1)[C@@H](CCCC=O)C(=O)N1CCN(S(C)(=O)=O)CC1.CN(C(=O)c1ccccc1)[C@@H](CCCCC[C@@H]1C[C@H]1c1ccc(F)cc1)C(=O)N1CCN(S(C)(=O)=O)CC1.CN(C(=O)c1ccccc1)[C@@H](COCC(=O)CC1C[C@H]1c1ccc(F)cc1)C(=O)N1CCN(S(C)(=O)=O)CC1.N[C@@H]1C[C@H]1c1ccc(F)cc1. The second-order valence-electron chi connectivity index (χ2n) is 30.7. The molecule has 6 amide bonds. The van der Waals surface area contributed by atoms with Gasteiger partial charge in [0.2, 0.25) is 47.8 Å². The second kappa shape index (κ2) is 42.4. The van der Waals surface area contributed by atoms with Crippen molar-refractivity contribution in [2.45, 2.75) is 119 Å². The summed E-state index contributed by atoms with van der Waals surface area (Å²) in [7, 11) is -5.15. The third kappa shape index (κ3) is 26.7. The van der Waals surface area contributed by atoms with Gasteiger partial charge in [0, 0.05) is 141 Å². The van der Waals surface area contributed by atoms with E-state index in [1.165, 1.54) is 88.4 Å². The standard InChI is InChI=1S/C29H38FN3O4S.C28H34FN3O6S.C19H27N3O5S.C9H10FN/c1-31(28(34)23-9-5-3-6-10-23)27(29(35)32-17-19-33(20-18-32)38(2,36)37)12-8-4-7-11-24-21-26(24)22-13-15-25(30)16-14-22;1-30(27(34)21-6-4-3-5-7-21)26(28(35)31-12-14-32(15-13-31)39(2,36)37)19-38-18-24(33)16-22-17-25(22)20-8-10-23(29)11-9-20;1-20(18(24)16-8-4-3-5-9-16)17(10-6-7-15-23)19(25)21-11-13-22(14-12-21)28(2,26)27;10-7-3-1-6(2-4-7)8-5-9(8)11/h3,5-6,9-10,13-16,24,26-27H,4,7-8,11-12,17-21H2,1-2H3;3-11,22,25-26H,12-19H2,1-2H3;3-5,8-9,15,17H,6-7,10-14H2,1-2H3;1-4,8-9H,5,11H2/t24-,26+,27+;22?,25-,26-;17-;8-,9+/m1000/s1. The van der Waals surface area contributed by atoms with Crippen LogP contribution in [0.5, 0.6) is 0 Å². The maximum absolute atomic E-state index is 13.6. The van der Waals surface area contributed by atoms with Gasteiger partial charge in [0.1, 0.15) is 48.5 Å². The lowest BCUT2D eigenvalue weighted by Crippen LogP contribution is -2.57. The number of halogens is 3. The average molecular weight is 1660 g/mol. The Morgan fingerprint density at radius 2 is 0.750 bits per heavy atom. The largest absolute Gasteiger partial charge is 0.371 e. The maximum Gasteiger partial charge on any atom is 0.254 e. The lowest BCUT2D eigenvalue weighted by molar-refractivity contribution is -0.140. The van der Waals surface area contributed by atoms with Crippen LogP contribution in [-0.4, -0.2) is 271 Å². The Labute approximate surface area is 680 Å². The van der Waals surface area contributed by atoms with E-state index >= 15 is 0 Å². The van der Waals surface area contributed by atoms with Crippen LogP contribution in [0.3, 0.4) is 0 Å². The van der Waals surface area contributed by atoms with Gasteiger partial charge in [0.05, 0.1) is 25.4 Å². The fourth-order valence-corrected chi connectivity index (χ4v) is 17.5. The second-order valence-corrected chi connectivity index (χ2v) is 36.7. The van der Waals surface area contributed by atoms with Gasteiger partial charge in [-0.15, -0.1) is 0 Å². The molecule has 0 bridgehead atoms. The van der Waals surface area contributed by atoms with Gasteiger partial charge in [-0.3, -0.25) is 33.6 Å². The van der Waals surface area contributed by atoms with Crippen LogP contribution >= 0.6 is 0 Å². The predicted octanol–water partition coefficient (Wildman–Crippen LogP) is 8.51. The van der Waals surface area contributed by atoms with Crippen LogP contribution in [0.25, 0.3) is 0 Å². The van der Waals surface area contributed by atoms with Crippen LogP contribution in [0.1, 0.15) is 143 Å². The molecular formula is C85H109F3N10O15S3. The molecule has 0 radical (unpaired) electrons. The van der Waals surface area contributed by atoms with Crippen LogP contribution in [-0.2, 0) is 58.8 Å². The summed E-state index contributed by atoms with van der Waals surface area (Å²) in [5.74, 6) is -0.264. The van der Waals surface area contributed by atoms with Gasteiger partial charge in [0.25, 0.3) is 17.7 Å². The Balaban J connectivity index is 0.000000188. The highest BCUT2D eigenvalue weighted by Crippen LogP contribution is 2.51. The molecule has 25 nitrogen and oxygen atoms in total. The number of hydrogen-bond acceptors (Lipinski definition) is 16. The minimum atomic E-state index is -3.36. The number of ketones is 1. The van der Waals surface area contributed by atoms with Crippen LogP contribution in [0.2, 0.25) is 0 Å². The monoisotopic (exact) mass is 1660 g/mol. The zero-order chi connectivity index (χ0) is 84.0. The van der Waals surface area contributed by atoms with Crippen molar-refractivity contribution in [3.8, 4) is 0 Å². The number of sulfonamides is 3. The highest BCUT2D eigenvalue weighted by atomic mass is 32.2. The van der Waals surface area contributed by atoms with Crippen molar-refractivity contribution in [3.05, 3.63) is 215 Å². The Hall–Kier alpha value is -9.08. The van der Waals surface area contributed by atoms with E-state index in [9.17, 15) is 76.8 Å². The fraction of sp³-hybridized carbons (Fsp3) is 0.482. The molecule has 3 aliphatic carbocycles. The fourth-order valence-electron chi connectivity index (χ4n) is 15.0. The Morgan fingerprint density at radius 1 is 0.431 bits per heavy atom. The number of nitrogens with two attached hydrogens (primary N) is 1. The number of aldehydes is 1. The minimum Gasteiger partial charge on any atom is -0.371 e. The van der Waals surface area contributed by atoms with Crippen molar-refractivity contribution in [1.82, 2.24) is 42.3 Å². The highest BCUT2D eigenvalue weighted by Gasteiger charge is 2.42. The number of hydrogen-bond donors (Lipinski definition) is 1. The van der Waals surface area contributed by atoms with E-state index in [-0.39, 0.29) is 149 Å². The quantitative estimate of drug-likeness (QED) is 0.0315. The van der Waals surface area contributed by atoms with Gasteiger partial charge in [-0.05, 0) is 158 Å². The van der Waals surface area contributed by atoms with Crippen molar-refractivity contribution in [2.24, 2.45) is 17.6 Å². The summed E-state index contributed by atoms with van der Waals surface area (Å²) in [6.45, 7) is 2.59. The summed E-state index contributed by atoms with van der Waals surface area (Å²) < 4.78 is 119. The lowest BCUT2D eigenvalue weighted by atomic mass is 10.0. The number of Topliss-reactive ketones (excluding diaryl/α,β-unsaturated/α-hetero) is 1. The smallest absolute Gasteiger partial charge is 0.254 e. The van der Waals surface area contributed by atoms with Crippen LogP contribution in [0, 0.1) is 29.3 Å². The van der Waals surface area contributed by atoms with E-state index < -0.39 is 48.2 Å². The summed E-state index contributed by atoms with van der Waals surface area (Å²) in [6.07, 6.45) is 13.3. The van der Waals surface area contributed by atoms with Crippen LogP contribution < -0.4 is 5.73 Å². The molecule has 3 heterocycles. The third-order valence-corrected chi connectivity index (χ3v) is 26.2. The zero-order valence-electron chi connectivity index (χ0n) is 66.8. The van der Waals surface area contributed by atoms with E-state index in [1.54, 1.807) is 120 Å². The van der Waals surface area contributed by atoms with Gasteiger partial charge in [-0.1, -0.05) is 110 Å². The molecule has 12 rings (SSSR count). The first-order valence-corrected chi connectivity index (χ1v) is 45.0. The van der Waals surface area contributed by atoms with E-state index in [4.69, 9.17) is 10.5 Å². The number of benzene rings is 6. The first-order valence-electron chi connectivity index (χ1n) is 39.5. The number of rotatable bonds is 31. The molecule has 6 fully saturated rings. The number of piperazine rings is 3. The number of ether oxygens (including phenoxy) is 1. The van der Waals surface area contributed by atoms with Gasteiger partial charge in [-0.2, -0.15) is 12.9 Å². The Morgan fingerprint density at radius 3 is 1.09 bits per heavy atom. The van der Waals surface area contributed by atoms with Crippen molar-refractivity contribution in [2.75, 3.05) is 132 Å². The minimum absolute atomic E-state index is 0.102. The Kier molecular flexibility index (Phi) is 33.2. The highest BCUT2D eigenvalue weighted by molar-refractivity contribution is 7.88. The van der Waals surface area contributed by atoms with E-state index in [1.807, 2.05) is 36.4 Å². The van der Waals surface area contributed by atoms with E-state index in [0.29, 0.717) is 85.7 Å². The van der Waals surface area contributed by atoms with Crippen molar-refractivity contribution >= 4 is 77.6 Å². The number of likely N-dealkylation sites (N-methyl/N-ethyl adjacent to an activating group) is 3. The molecule has 0 aromatic heterocycles. The molecule has 6 aliphatic rings. The third-order valence-electron chi connectivity index (χ3n) is 22.3. The maximum atomic E-state index is 13.6. The first kappa shape index (κ1) is 90.8. The normalized spacial score (nSPS) is 20.3. The molecular weight excluding hydrogens is 1550 g/mol. The predicted molar refractivity (Wildman–Crippen MR) is 436 cm³/mol. The number of carbonyl (C=O) groups excluding carboxylic acids is 8. The molecule has 1 unspecified atom stereocenters. The van der Waals surface area contributed by atoms with Crippen LogP contribution in [0.4, 0.5) is 13.2 Å². The van der Waals surface area contributed by atoms with Gasteiger partial charge in [0.15, 0.2) is 5.78 Å². The molecule has 116 heavy (non-hydrogen) atoms. The van der Waals surface area contributed by atoms with Gasteiger partial charge < -0.3 is 44.7 Å². The van der Waals surface area contributed by atoms with Crippen LogP contribution in [0.15, 0.2) is 164 Å². The molecule has 31 heteroatoms. The lowest BCUT2D eigenvalue weighted by Gasteiger charge is -2.37.